The van der Waals surface area contributed by atoms with Crippen molar-refractivity contribution >= 4 is 17.4 Å². The van der Waals surface area contributed by atoms with E-state index in [0.717, 1.165) is 31.7 Å². The minimum absolute atomic E-state index is 0.209. The molecule has 0 saturated carbocycles. The molecule has 1 saturated heterocycles. The fourth-order valence-electron chi connectivity index (χ4n) is 2.30. The molecule has 2 rings (SSSR count). The second-order valence-electron chi connectivity index (χ2n) is 4.61. The highest BCUT2D eigenvalue weighted by Gasteiger charge is 2.23. The quantitative estimate of drug-likeness (QED) is 0.696. The number of nitrogens with two attached hydrogens (primary N) is 2. The molecule has 18 heavy (non-hydrogen) atoms. The molecule has 1 aliphatic heterocycles. The van der Waals surface area contributed by atoms with Crippen molar-refractivity contribution in [2.24, 2.45) is 11.7 Å². The number of aliphatic hydroxyl groups excluding tert-OH is 1. The lowest BCUT2D eigenvalue weighted by atomic mass is 10.1. The molecule has 0 radical (unpaired) electrons. The van der Waals surface area contributed by atoms with Crippen LogP contribution in [-0.2, 0) is 0 Å². The lowest BCUT2D eigenvalue weighted by molar-refractivity contribution is 0.100. The Kier molecular flexibility index (Phi) is 3.66. The molecule has 1 aromatic rings. The van der Waals surface area contributed by atoms with Gasteiger partial charge in [-0.2, -0.15) is 0 Å². The third-order valence-electron chi connectivity index (χ3n) is 3.33. The van der Waals surface area contributed by atoms with Gasteiger partial charge in [-0.1, -0.05) is 0 Å². The van der Waals surface area contributed by atoms with Gasteiger partial charge in [-0.25, -0.2) is 4.98 Å². The number of carbonyl (C=O) groups is 1. The average Bonchev–Trinajstić information content (AvgIpc) is 2.78. The maximum Gasteiger partial charge on any atom is 0.250 e. The number of aromatic nitrogens is 1. The van der Waals surface area contributed by atoms with Gasteiger partial charge in [-0.3, -0.25) is 4.79 Å². The summed E-state index contributed by atoms with van der Waals surface area (Å²) in [5.74, 6) is 0.659. The van der Waals surface area contributed by atoms with Gasteiger partial charge in [0.05, 0.1) is 17.4 Å². The fourth-order valence-corrected chi connectivity index (χ4v) is 2.30. The van der Waals surface area contributed by atoms with Crippen LogP contribution in [0.25, 0.3) is 0 Å². The molecule has 2 heterocycles. The number of anilines is 2. The number of primary amides is 1. The van der Waals surface area contributed by atoms with Crippen LogP contribution in [0.15, 0.2) is 12.3 Å². The molecule has 6 nitrogen and oxygen atoms in total. The zero-order valence-corrected chi connectivity index (χ0v) is 10.2. The third kappa shape index (κ3) is 2.53. The van der Waals surface area contributed by atoms with Crippen molar-refractivity contribution < 1.29 is 9.90 Å². The van der Waals surface area contributed by atoms with Gasteiger partial charge in [0.2, 0.25) is 0 Å². The first-order valence-corrected chi connectivity index (χ1v) is 6.03. The Morgan fingerprint density at radius 1 is 1.61 bits per heavy atom. The van der Waals surface area contributed by atoms with Crippen LogP contribution in [0.3, 0.4) is 0 Å². The van der Waals surface area contributed by atoms with Crippen LogP contribution >= 0.6 is 0 Å². The van der Waals surface area contributed by atoms with Crippen LogP contribution in [0, 0.1) is 5.92 Å². The van der Waals surface area contributed by atoms with Crippen LogP contribution in [0.4, 0.5) is 11.5 Å². The van der Waals surface area contributed by atoms with E-state index in [-0.39, 0.29) is 6.61 Å². The van der Waals surface area contributed by atoms with E-state index in [2.05, 4.69) is 9.88 Å². The third-order valence-corrected chi connectivity index (χ3v) is 3.33. The summed E-state index contributed by atoms with van der Waals surface area (Å²) in [6.45, 7) is 1.93. The van der Waals surface area contributed by atoms with Gasteiger partial charge < -0.3 is 21.5 Å². The fraction of sp³-hybridized carbons (Fsp3) is 0.500. The van der Waals surface area contributed by atoms with Gasteiger partial charge in [-0.15, -0.1) is 0 Å². The Morgan fingerprint density at radius 3 is 3.06 bits per heavy atom. The predicted molar refractivity (Wildman–Crippen MR) is 69.2 cm³/mol. The summed E-state index contributed by atoms with van der Waals surface area (Å²) >= 11 is 0. The molecule has 1 aliphatic rings. The Labute approximate surface area is 106 Å². The largest absolute Gasteiger partial charge is 0.397 e. The first kappa shape index (κ1) is 12.6. The number of aliphatic hydroxyl groups is 1. The van der Waals surface area contributed by atoms with E-state index in [0.29, 0.717) is 17.2 Å². The summed E-state index contributed by atoms with van der Waals surface area (Å²) in [7, 11) is 0. The highest BCUT2D eigenvalue weighted by Crippen LogP contribution is 2.25. The standard InChI is InChI=1S/C12H18N4O2/c13-10-6-15-11(5-9(10)12(14)18)16-3-1-8(7-16)2-4-17/h5-6,8,17H,1-4,7,13H2,(H2,14,18). The van der Waals surface area contributed by atoms with Crippen molar-refractivity contribution in [3.05, 3.63) is 17.8 Å². The van der Waals surface area contributed by atoms with Gasteiger partial charge in [0, 0.05) is 19.7 Å². The van der Waals surface area contributed by atoms with Crippen molar-refractivity contribution in [3.63, 3.8) is 0 Å². The summed E-state index contributed by atoms with van der Waals surface area (Å²) in [5.41, 5.74) is 11.5. The Morgan fingerprint density at radius 2 is 2.39 bits per heavy atom. The van der Waals surface area contributed by atoms with Crippen LogP contribution in [0.1, 0.15) is 23.2 Å². The van der Waals surface area contributed by atoms with Gasteiger partial charge in [0.1, 0.15) is 5.82 Å². The molecule has 1 fully saturated rings. The number of hydrogen-bond acceptors (Lipinski definition) is 5. The van der Waals surface area contributed by atoms with E-state index in [4.69, 9.17) is 16.6 Å². The number of nitrogen functional groups attached to an aromatic ring is 1. The first-order valence-electron chi connectivity index (χ1n) is 6.03. The summed E-state index contributed by atoms with van der Waals surface area (Å²) in [5, 5.41) is 8.92. The zero-order valence-electron chi connectivity index (χ0n) is 10.2. The highest BCUT2D eigenvalue weighted by molar-refractivity contribution is 5.98. The molecule has 0 aliphatic carbocycles. The average molecular weight is 250 g/mol. The van der Waals surface area contributed by atoms with Crippen LogP contribution in [0.5, 0.6) is 0 Å². The smallest absolute Gasteiger partial charge is 0.250 e. The van der Waals surface area contributed by atoms with E-state index in [1.165, 1.54) is 6.20 Å². The highest BCUT2D eigenvalue weighted by atomic mass is 16.3. The molecule has 0 spiro atoms. The van der Waals surface area contributed by atoms with Gasteiger partial charge in [0.15, 0.2) is 0 Å². The van der Waals surface area contributed by atoms with E-state index in [1.54, 1.807) is 6.07 Å². The molecule has 6 heteroatoms. The van der Waals surface area contributed by atoms with Crippen molar-refractivity contribution in [1.82, 2.24) is 4.98 Å². The lowest BCUT2D eigenvalue weighted by Crippen LogP contribution is -2.22. The Bertz CT molecular complexity index is 450. The first-order chi connectivity index (χ1) is 8.61. The van der Waals surface area contributed by atoms with Gasteiger partial charge >= 0.3 is 0 Å². The molecule has 1 amide bonds. The molecular weight excluding hydrogens is 232 g/mol. The molecule has 5 N–H and O–H groups in total. The van der Waals surface area contributed by atoms with E-state index < -0.39 is 5.91 Å². The topological polar surface area (TPSA) is 105 Å². The molecule has 0 bridgehead atoms. The maximum atomic E-state index is 11.2. The van der Waals surface area contributed by atoms with Gasteiger partial charge in [-0.05, 0) is 24.8 Å². The molecule has 1 aromatic heterocycles. The zero-order chi connectivity index (χ0) is 13.1. The summed E-state index contributed by atoms with van der Waals surface area (Å²) in [6.07, 6.45) is 3.29. The van der Waals surface area contributed by atoms with Crippen molar-refractivity contribution in [3.8, 4) is 0 Å². The molecule has 0 aromatic carbocycles. The minimum Gasteiger partial charge on any atom is -0.397 e. The van der Waals surface area contributed by atoms with Crippen LogP contribution < -0.4 is 16.4 Å². The maximum absolute atomic E-state index is 11.2. The van der Waals surface area contributed by atoms with Crippen molar-refractivity contribution in [2.45, 2.75) is 12.8 Å². The minimum atomic E-state index is -0.540. The van der Waals surface area contributed by atoms with Crippen LogP contribution in [0.2, 0.25) is 0 Å². The second-order valence-corrected chi connectivity index (χ2v) is 4.61. The van der Waals surface area contributed by atoms with E-state index >= 15 is 0 Å². The summed E-state index contributed by atoms with van der Waals surface area (Å²) < 4.78 is 0. The van der Waals surface area contributed by atoms with E-state index in [9.17, 15) is 4.79 Å². The normalized spacial score (nSPS) is 19.2. The monoisotopic (exact) mass is 250 g/mol. The number of hydrogen-bond donors (Lipinski definition) is 3. The van der Waals surface area contributed by atoms with E-state index in [1.807, 2.05) is 0 Å². The Hall–Kier alpha value is -1.82. The molecule has 1 unspecified atom stereocenters. The molecule has 98 valence electrons. The van der Waals surface area contributed by atoms with Crippen LogP contribution in [-0.4, -0.2) is 35.7 Å². The molecular formula is C12H18N4O2. The van der Waals surface area contributed by atoms with Crippen molar-refractivity contribution in [1.29, 1.82) is 0 Å². The summed E-state index contributed by atoms with van der Waals surface area (Å²) in [4.78, 5) is 17.5. The number of pyridine rings is 1. The number of amides is 1. The number of carbonyl (C=O) groups excluding carboxylic acids is 1. The summed E-state index contributed by atoms with van der Waals surface area (Å²) in [6, 6.07) is 1.64. The Balaban J connectivity index is 2.15. The number of rotatable bonds is 4. The second kappa shape index (κ2) is 5.22. The SMILES string of the molecule is NC(=O)c1cc(N2CCC(CCO)C2)ncc1N. The number of nitrogens with zero attached hydrogens (tertiary/aromatic N) is 2. The van der Waals surface area contributed by atoms with Gasteiger partial charge in [0.25, 0.3) is 5.91 Å². The predicted octanol–water partition coefficient (Wildman–Crippen LogP) is -0.0286. The lowest BCUT2D eigenvalue weighted by Gasteiger charge is -2.18. The van der Waals surface area contributed by atoms with Crippen molar-refractivity contribution in [2.75, 3.05) is 30.3 Å². The molecule has 1 atom stereocenters.